The Morgan fingerprint density at radius 1 is 1.50 bits per heavy atom. The number of nitrogens with zero attached hydrogens (tertiary/aromatic N) is 4. The lowest BCUT2D eigenvalue weighted by Crippen LogP contribution is -2.36. The first-order valence-corrected chi connectivity index (χ1v) is 5.43. The first-order valence-electron chi connectivity index (χ1n) is 5.43. The van der Waals surface area contributed by atoms with E-state index in [1.54, 1.807) is 4.90 Å². The molecule has 96 valence electrons. The third kappa shape index (κ3) is 2.22. The standard InChI is InChI=1S/C10H12N4O4/c1-18-10-8(14(16)17)9(11-6-12-10)13-4-2-3-7(15)5-13/h6H,2-5H2,1H3. The second-order valence-corrected chi connectivity index (χ2v) is 3.88. The van der Waals surface area contributed by atoms with Crippen molar-refractivity contribution in [2.45, 2.75) is 12.8 Å². The van der Waals surface area contributed by atoms with Crippen molar-refractivity contribution in [3.05, 3.63) is 16.4 Å². The smallest absolute Gasteiger partial charge is 0.372 e. The molecule has 2 rings (SSSR count). The van der Waals surface area contributed by atoms with Gasteiger partial charge in [0.05, 0.1) is 18.6 Å². The third-order valence-electron chi connectivity index (χ3n) is 2.70. The zero-order valence-corrected chi connectivity index (χ0v) is 9.83. The first-order chi connectivity index (χ1) is 8.63. The number of carbonyl (C=O) groups excluding carboxylic acids is 1. The van der Waals surface area contributed by atoms with Crippen LogP contribution in [0.2, 0.25) is 0 Å². The topological polar surface area (TPSA) is 98.5 Å². The van der Waals surface area contributed by atoms with E-state index in [1.807, 2.05) is 0 Å². The highest BCUT2D eigenvalue weighted by Gasteiger charge is 2.30. The van der Waals surface area contributed by atoms with Gasteiger partial charge in [0.1, 0.15) is 6.33 Å². The molecule has 1 saturated heterocycles. The molecule has 0 bridgehead atoms. The van der Waals surface area contributed by atoms with Gasteiger partial charge in [-0.15, -0.1) is 0 Å². The SMILES string of the molecule is COc1ncnc(N2CCCC(=O)C2)c1[N+](=O)[O-]. The van der Waals surface area contributed by atoms with E-state index in [0.29, 0.717) is 19.4 Å². The number of rotatable bonds is 3. The van der Waals surface area contributed by atoms with Crippen LogP contribution in [0, 0.1) is 10.1 Å². The summed E-state index contributed by atoms with van der Waals surface area (Å²) < 4.78 is 4.86. The Balaban J connectivity index is 2.43. The summed E-state index contributed by atoms with van der Waals surface area (Å²) in [5.74, 6) is 0.0936. The van der Waals surface area contributed by atoms with Gasteiger partial charge in [-0.3, -0.25) is 14.9 Å². The molecule has 0 N–H and O–H groups in total. The number of methoxy groups -OCH3 is 1. The van der Waals surface area contributed by atoms with E-state index in [9.17, 15) is 14.9 Å². The third-order valence-corrected chi connectivity index (χ3v) is 2.70. The molecule has 1 aliphatic rings. The number of ketones is 1. The van der Waals surface area contributed by atoms with Gasteiger partial charge in [0.25, 0.3) is 5.88 Å². The quantitative estimate of drug-likeness (QED) is 0.572. The van der Waals surface area contributed by atoms with E-state index >= 15 is 0 Å². The van der Waals surface area contributed by atoms with Crippen molar-refractivity contribution in [3.8, 4) is 5.88 Å². The van der Waals surface area contributed by atoms with Crippen molar-refractivity contribution < 1.29 is 14.5 Å². The Hall–Kier alpha value is -2.25. The van der Waals surface area contributed by atoms with E-state index < -0.39 is 4.92 Å². The van der Waals surface area contributed by atoms with Crippen molar-refractivity contribution in [1.29, 1.82) is 0 Å². The predicted octanol–water partition coefficient (Wildman–Crippen LogP) is 0.563. The highest BCUT2D eigenvalue weighted by atomic mass is 16.6. The number of nitro groups is 1. The van der Waals surface area contributed by atoms with Gasteiger partial charge >= 0.3 is 5.69 Å². The molecule has 0 aromatic carbocycles. The second kappa shape index (κ2) is 4.94. The molecule has 1 aliphatic heterocycles. The molecule has 8 nitrogen and oxygen atoms in total. The zero-order chi connectivity index (χ0) is 13.1. The van der Waals surface area contributed by atoms with E-state index in [4.69, 9.17) is 4.74 Å². The lowest BCUT2D eigenvalue weighted by atomic mass is 10.1. The normalized spacial score (nSPS) is 15.6. The maximum absolute atomic E-state index is 11.4. The van der Waals surface area contributed by atoms with Gasteiger partial charge in [0.2, 0.25) is 5.82 Å². The number of carbonyl (C=O) groups is 1. The minimum atomic E-state index is -0.590. The summed E-state index contributed by atoms with van der Waals surface area (Å²) in [6.45, 7) is 0.702. The largest absolute Gasteiger partial charge is 0.476 e. The van der Waals surface area contributed by atoms with Crippen LogP contribution in [-0.2, 0) is 4.79 Å². The van der Waals surface area contributed by atoms with Crippen LogP contribution in [-0.4, -0.2) is 40.9 Å². The van der Waals surface area contributed by atoms with Gasteiger partial charge in [0.15, 0.2) is 5.78 Å². The van der Waals surface area contributed by atoms with Crippen LogP contribution in [0.25, 0.3) is 0 Å². The fraction of sp³-hybridized carbons (Fsp3) is 0.500. The van der Waals surface area contributed by atoms with Crippen LogP contribution in [0.15, 0.2) is 6.33 Å². The molecule has 1 fully saturated rings. The van der Waals surface area contributed by atoms with E-state index in [-0.39, 0.29) is 29.7 Å². The number of hydrogen-bond acceptors (Lipinski definition) is 7. The molecule has 0 unspecified atom stereocenters. The lowest BCUT2D eigenvalue weighted by molar-refractivity contribution is -0.385. The van der Waals surface area contributed by atoms with Gasteiger partial charge in [-0.2, -0.15) is 4.98 Å². The Morgan fingerprint density at radius 2 is 2.28 bits per heavy atom. The van der Waals surface area contributed by atoms with Gasteiger partial charge < -0.3 is 9.64 Å². The molecule has 0 spiro atoms. The number of ether oxygens (including phenoxy) is 1. The Morgan fingerprint density at radius 3 is 2.89 bits per heavy atom. The molecule has 1 aromatic heterocycles. The van der Waals surface area contributed by atoms with Crippen LogP contribution < -0.4 is 9.64 Å². The molecule has 0 amide bonds. The summed E-state index contributed by atoms with van der Waals surface area (Å²) in [6, 6.07) is 0. The Kier molecular flexibility index (Phi) is 3.35. The molecular weight excluding hydrogens is 240 g/mol. The molecule has 0 saturated carbocycles. The fourth-order valence-corrected chi connectivity index (χ4v) is 1.91. The minimum Gasteiger partial charge on any atom is -0.476 e. The molecule has 18 heavy (non-hydrogen) atoms. The van der Waals surface area contributed by atoms with Gasteiger partial charge in [0, 0.05) is 13.0 Å². The number of anilines is 1. The fourth-order valence-electron chi connectivity index (χ4n) is 1.91. The Bertz CT molecular complexity index is 491. The number of piperidine rings is 1. The average molecular weight is 252 g/mol. The maximum atomic E-state index is 11.4. The first kappa shape index (κ1) is 12.2. The predicted molar refractivity (Wildman–Crippen MR) is 61.7 cm³/mol. The van der Waals surface area contributed by atoms with Crippen LogP contribution in [0.5, 0.6) is 5.88 Å². The summed E-state index contributed by atoms with van der Waals surface area (Å²) >= 11 is 0. The zero-order valence-electron chi connectivity index (χ0n) is 9.83. The summed E-state index contributed by atoms with van der Waals surface area (Å²) in [5, 5.41) is 11.1. The molecule has 0 radical (unpaired) electrons. The van der Waals surface area contributed by atoms with E-state index in [1.165, 1.54) is 13.4 Å². The highest BCUT2D eigenvalue weighted by Crippen LogP contribution is 2.33. The van der Waals surface area contributed by atoms with Crippen molar-refractivity contribution >= 4 is 17.3 Å². The average Bonchev–Trinajstić information content (AvgIpc) is 2.37. The van der Waals surface area contributed by atoms with Gasteiger partial charge in [-0.05, 0) is 6.42 Å². The van der Waals surface area contributed by atoms with Crippen LogP contribution in [0.4, 0.5) is 11.5 Å². The number of aromatic nitrogens is 2. The van der Waals surface area contributed by atoms with Gasteiger partial charge in [-0.25, -0.2) is 4.98 Å². The van der Waals surface area contributed by atoms with Crippen LogP contribution in [0.3, 0.4) is 0 Å². The number of hydrogen-bond donors (Lipinski definition) is 0. The molecule has 0 aliphatic carbocycles. The summed E-state index contributed by atoms with van der Waals surface area (Å²) in [5.41, 5.74) is -0.297. The molecule has 1 aromatic rings. The van der Waals surface area contributed by atoms with Crippen molar-refractivity contribution in [3.63, 3.8) is 0 Å². The summed E-state index contributed by atoms with van der Waals surface area (Å²) in [4.78, 5) is 31.1. The minimum absolute atomic E-state index is 0.0492. The number of Topliss-reactive ketones (excluding diaryl/α,β-unsaturated/α-hetero) is 1. The van der Waals surface area contributed by atoms with E-state index in [2.05, 4.69) is 9.97 Å². The molecule has 2 heterocycles. The van der Waals surface area contributed by atoms with Crippen LogP contribution in [0.1, 0.15) is 12.8 Å². The maximum Gasteiger partial charge on any atom is 0.372 e. The second-order valence-electron chi connectivity index (χ2n) is 3.88. The summed E-state index contributed by atoms with van der Waals surface area (Å²) in [6.07, 6.45) is 2.37. The molecular formula is C10H12N4O4. The highest BCUT2D eigenvalue weighted by molar-refractivity contribution is 5.85. The molecule has 8 heteroatoms. The van der Waals surface area contributed by atoms with E-state index in [0.717, 1.165) is 0 Å². The Labute approximate surface area is 103 Å². The summed E-state index contributed by atoms with van der Waals surface area (Å²) in [7, 11) is 1.31. The lowest BCUT2D eigenvalue weighted by Gasteiger charge is -2.26. The van der Waals surface area contributed by atoms with Crippen molar-refractivity contribution in [2.75, 3.05) is 25.1 Å². The van der Waals surface area contributed by atoms with Crippen LogP contribution >= 0.6 is 0 Å². The monoisotopic (exact) mass is 252 g/mol. The van der Waals surface area contributed by atoms with Gasteiger partial charge in [-0.1, -0.05) is 0 Å². The molecule has 0 atom stereocenters. The van der Waals surface area contributed by atoms with Crippen molar-refractivity contribution in [2.24, 2.45) is 0 Å². The van der Waals surface area contributed by atoms with Crippen molar-refractivity contribution in [1.82, 2.24) is 9.97 Å².